The van der Waals surface area contributed by atoms with Gasteiger partial charge < -0.3 is 15.3 Å². The summed E-state index contributed by atoms with van der Waals surface area (Å²) in [6, 6.07) is 7.66. The zero-order valence-electron chi connectivity index (χ0n) is 9.34. The summed E-state index contributed by atoms with van der Waals surface area (Å²) in [5.41, 5.74) is 2.00. The van der Waals surface area contributed by atoms with Crippen molar-refractivity contribution in [3.8, 4) is 0 Å². The number of hydrogen-bond donors (Lipinski definition) is 3. The third kappa shape index (κ3) is 4.28. The largest absolute Gasteiger partial charge is 0.395 e. The van der Waals surface area contributed by atoms with Gasteiger partial charge in [0.2, 0.25) is 0 Å². The van der Waals surface area contributed by atoms with Crippen molar-refractivity contribution in [1.29, 1.82) is 0 Å². The molecule has 0 radical (unpaired) electrons. The molecule has 1 aromatic rings. The van der Waals surface area contributed by atoms with Crippen LogP contribution in [0.1, 0.15) is 11.1 Å². The fraction of sp³-hybridized carbons (Fsp3) is 0.500. The molecule has 0 spiro atoms. The van der Waals surface area contributed by atoms with Crippen LogP contribution >= 0.6 is 0 Å². The van der Waals surface area contributed by atoms with Gasteiger partial charge in [-0.2, -0.15) is 0 Å². The Morgan fingerprint density at radius 1 is 0.812 bits per heavy atom. The Labute approximate surface area is 95.8 Å². The van der Waals surface area contributed by atoms with Crippen molar-refractivity contribution in [2.75, 3.05) is 26.3 Å². The second kappa shape index (κ2) is 7.35. The second-order valence-electron chi connectivity index (χ2n) is 3.70. The Hall–Kier alpha value is -0.940. The monoisotopic (exact) mass is 225 g/mol. The molecule has 0 aliphatic heterocycles. The van der Waals surface area contributed by atoms with Crippen LogP contribution in [0.5, 0.6) is 0 Å². The number of nitrogens with zero attached hydrogens (tertiary/aromatic N) is 1. The van der Waals surface area contributed by atoms with E-state index in [9.17, 15) is 0 Å². The van der Waals surface area contributed by atoms with E-state index in [0.717, 1.165) is 11.1 Å². The van der Waals surface area contributed by atoms with Gasteiger partial charge >= 0.3 is 0 Å². The Morgan fingerprint density at radius 3 is 1.75 bits per heavy atom. The minimum Gasteiger partial charge on any atom is -0.395 e. The third-order valence-corrected chi connectivity index (χ3v) is 2.44. The lowest BCUT2D eigenvalue weighted by atomic mass is 10.1. The molecule has 3 N–H and O–H groups in total. The summed E-state index contributed by atoms with van der Waals surface area (Å²) in [4.78, 5) is 1.98. The molecule has 90 valence electrons. The summed E-state index contributed by atoms with van der Waals surface area (Å²) in [6.07, 6.45) is 0. The standard InChI is InChI=1S/C12H19NO3/c14-7-5-13(6-8-15)9-11-1-3-12(10-16)4-2-11/h1-4,14-16H,5-10H2. The lowest BCUT2D eigenvalue weighted by molar-refractivity contribution is 0.156. The topological polar surface area (TPSA) is 63.9 Å². The van der Waals surface area contributed by atoms with Crippen LogP contribution < -0.4 is 0 Å². The minimum absolute atomic E-state index is 0.0529. The summed E-state index contributed by atoms with van der Waals surface area (Å²) < 4.78 is 0. The van der Waals surface area contributed by atoms with E-state index >= 15 is 0 Å². The molecule has 0 aliphatic carbocycles. The number of aliphatic hydroxyl groups excluding tert-OH is 3. The minimum atomic E-state index is 0.0529. The van der Waals surface area contributed by atoms with Crippen molar-refractivity contribution < 1.29 is 15.3 Å². The first kappa shape index (κ1) is 13.1. The van der Waals surface area contributed by atoms with E-state index in [1.54, 1.807) is 0 Å². The maximum Gasteiger partial charge on any atom is 0.0681 e. The lowest BCUT2D eigenvalue weighted by Crippen LogP contribution is -2.29. The molecular formula is C12H19NO3. The molecule has 0 saturated heterocycles. The van der Waals surface area contributed by atoms with Gasteiger partial charge in [-0.15, -0.1) is 0 Å². The number of benzene rings is 1. The van der Waals surface area contributed by atoms with E-state index in [0.29, 0.717) is 19.6 Å². The van der Waals surface area contributed by atoms with Gasteiger partial charge in [0.1, 0.15) is 0 Å². The zero-order valence-corrected chi connectivity index (χ0v) is 9.34. The molecule has 0 fully saturated rings. The van der Waals surface area contributed by atoms with Crippen LogP contribution in [0, 0.1) is 0 Å². The average molecular weight is 225 g/mol. The first-order valence-electron chi connectivity index (χ1n) is 5.43. The Kier molecular flexibility index (Phi) is 6.03. The highest BCUT2D eigenvalue weighted by Crippen LogP contribution is 2.07. The summed E-state index contributed by atoms with van der Waals surface area (Å²) in [7, 11) is 0. The molecule has 0 heterocycles. The third-order valence-electron chi connectivity index (χ3n) is 2.44. The molecule has 0 aliphatic rings. The average Bonchev–Trinajstić information content (AvgIpc) is 2.31. The van der Waals surface area contributed by atoms with E-state index in [1.807, 2.05) is 29.2 Å². The summed E-state index contributed by atoms with van der Waals surface area (Å²) in [6.45, 7) is 2.05. The summed E-state index contributed by atoms with van der Waals surface area (Å²) in [5.74, 6) is 0. The van der Waals surface area contributed by atoms with Gasteiger partial charge in [-0.3, -0.25) is 4.90 Å². The SMILES string of the molecule is OCCN(CCO)Cc1ccc(CO)cc1. The maximum absolute atomic E-state index is 8.90. The van der Waals surface area contributed by atoms with E-state index in [-0.39, 0.29) is 19.8 Å². The van der Waals surface area contributed by atoms with Crippen LogP contribution in [0.4, 0.5) is 0 Å². The molecule has 0 atom stereocenters. The van der Waals surface area contributed by atoms with Crippen LogP contribution in [0.25, 0.3) is 0 Å². The lowest BCUT2D eigenvalue weighted by Gasteiger charge is -2.20. The van der Waals surface area contributed by atoms with Crippen molar-refractivity contribution in [3.05, 3.63) is 35.4 Å². The highest BCUT2D eigenvalue weighted by molar-refractivity contribution is 5.21. The van der Waals surface area contributed by atoms with Crippen LogP contribution in [-0.2, 0) is 13.2 Å². The van der Waals surface area contributed by atoms with Crippen molar-refractivity contribution in [1.82, 2.24) is 4.90 Å². The van der Waals surface area contributed by atoms with Crippen LogP contribution in [0.15, 0.2) is 24.3 Å². The van der Waals surface area contributed by atoms with Crippen molar-refractivity contribution in [2.24, 2.45) is 0 Å². The summed E-state index contributed by atoms with van der Waals surface area (Å²) in [5, 5.41) is 26.6. The molecule has 0 amide bonds. The highest BCUT2D eigenvalue weighted by atomic mass is 16.3. The van der Waals surface area contributed by atoms with E-state index in [4.69, 9.17) is 15.3 Å². The Balaban J connectivity index is 2.54. The van der Waals surface area contributed by atoms with Gasteiger partial charge in [-0.05, 0) is 11.1 Å². The molecule has 0 aromatic heterocycles. The van der Waals surface area contributed by atoms with Gasteiger partial charge in [0.05, 0.1) is 19.8 Å². The van der Waals surface area contributed by atoms with Crippen LogP contribution in [0.2, 0.25) is 0 Å². The predicted octanol–water partition coefficient (Wildman–Crippen LogP) is -0.0345. The fourth-order valence-corrected chi connectivity index (χ4v) is 1.56. The van der Waals surface area contributed by atoms with E-state index < -0.39 is 0 Å². The molecule has 4 heteroatoms. The maximum atomic E-state index is 8.90. The molecule has 0 bridgehead atoms. The molecule has 16 heavy (non-hydrogen) atoms. The Morgan fingerprint density at radius 2 is 1.31 bits per heavy atom. The fourth-order valence-electron chi connectivity index (χ4n) is 1.56. The van der Waals surface area contributed by atoms with Gasteiger partial charge in [-0.25, -0.2) is 0 Å². The molecular weight excluding hydrogens is 206 g/mol. The molecule has 4 nitrogen and oxygen atoms in total. The quantitative estimate of drug-likeness (QED) is 0.609. The normalized spacial score (nSPS) is 11.0. The summed E-state index contributed by atoms with van der Waals surface area (Å²) >= 11 is 0. The smallest absolute Gasteiger partial charge is 0.0681 e. The van der Waals surface area contributed by atoms with Gasteiger partial charge in [0.25, 0.3) is 0 Å². The molecule has 0 unspecified atom stereocenters. The van der Waals surface area contributed by atoms with Crippen molar-refractivity contribution >= 4 is 0 Å². The first-order valence-corrected chi connectivity index (χ1v) is 5.43. The highest BCUT2D eigenvalue weighted by Gasteiger charge is 2.04. The number of hydrogen-bond acceptors (Lipinski definition) is 4. The van der Waals surface area contributed by atoms with Gasteiger partial charge in [0.15, 0.2) is 0 Å². The van der Waals surface area contributed by atoms with Gasteiger partial charge in [-0.1, -0.05) is 24.3 Å². The van der Waals surface area contributed by atoms with Crippen molar-refractivity contribution in [2.45, 2.75) is 13.2 Å². The van der Waals surface area contributed by atoms with Crippen LogP contribution in [0.3, 0.4) is 0 Å². The van der Waals surface area contributed by atoms with Gasteiger partial charge in [0, 0.05) is 19.6 Å². The van der Waals surface area contributed by atoms with Crippen LogP contribution in [-0.4, -0.2) is 46.5 Å². The Bertz CT molecular complexity index is 281. The number of aliphatic hydroxyl groups is 3. The number of rotatable bonds is 7. The molecule has 0 saturated carbocycles. The van der Waals surface area contributed by atoms with E-state index in [2.05, 4.69) is 0 Å². The molecule has 1 aromatic carbocycles. The predicted molar refractivity (Wildman–Crippen MR) is 61.8 cm³/mol. The van der Waals surface area contributed by atoms with Crippen molar-refractivity contribution in [3.63, 3.8) is 0 Å². The molecule has 1 rings (SSSR count). The second-order valence-corrected chi connectivity index (χ2v) is 3.70. The first-order chi connectivity index (χ1) is 7.80. The zero-order chi connectivity index (χ0) is 11.8. The van der Waals surface area contributed by atoms with E-state index in [1.165, 1.54) is 0 Å².